The molecule has 0 aliphatic carbocycles. The van der Waals surface area contributed by atoms with Gasteiger partial charge in [0.1, 0.15) is 0 Å². The molecule has 1 aromatic carbocycles. The van der Waals surface area contributed by atoms with Crippen LogP contribution in [0.5, 0.6) is 0 Å². The van der Waals surface area contributed by atoms with Gasteiger partial charge in [-0.15, -0.1) is 0 Å². The van der Waals surface area contributed by atoms with Crippen LogP contribution >= 0.6 is 0 Å². The lowest BCUT2D eigenvalue weighted by Crippen LogP contribution is -2.09. The summed E-state index contributed by atoms with van der Waals surface area (Å²) >= 11 is 0. The lowest BCUT2D eigenvalue weighted by Gasteiger charge is -2.06. The molecule has 88 valence electrons. The van der Waals surface area contributed by atoms with E-state index in [1.54, 1.807) is 24.3 Å². The Morgan fingerprint density at radius 3 is 2.50 bits per heavy atom. The van der Waals surface area contributed by atoms with Crippen LogP contribution in [-0.2, 0) is 25.6 Å². The first-order valence-electron chi connectivity index (χ1n) is 4.44. The Balaban J connectivity index is 2.91. The third kappa shape index (κ3) is 3.63. The molecule has 0 aromatic heterocycles. The lowest BCUT2D eigenvalue weighted by atomic mass is 10.1. The average Bonchev–Trinajstić information content (AvgIpc) is 2.25. The van der Waals surface area contributed by atoms with Crippen LogP contribution in [0.15, 0.2) is 24.3 Å². The number of benzene rings is 1. The minimum atomic E-state index is -3.52. The summed E-state index contributed by atoms with van der Waals surface area (Å²) in [6, 6.07) is 6.51. The fraction of sp³-hybridized carbons (Fsp3) is 0.300. The smallest absolute Gasteiger partial charge is 0.338 e. The zero-order chi connectivity index (χ0) is 12.2. The van der Waals surface area contributed by atoms with Crippen LogP contribution in [0.4, 0.5) is 0 Å². The Kier molecular flexibility index (Phi) is 4.03. The molecule has 0 amide bonds. The number of rotatable bonds is 4. The number of carbonyl (C=O) groups excluding carboxylic acids is 1. The van der Waals surface area contributed by atoms with Crippen molar-refractivity contribution in [3.63, 3.8) is 0 Å². The van der Waals surface area contributed by atoms with Gasteiger partial charge in [0.25, 0.3) is 10.1 Å². The molecule has 0 aliphatic heterocycles. The predicted octanol–water partition coefficient (Wildman–Crippen LogP) is 0.949. The van der Waals surface area contributed by atoms with Gasteiger partial charge in [-0.25, -0.2) is 4.79 Å². The molecule has 0 N–H and O–H groups in total. The third-order valence-corrected chi connectivity index (χ3v) is 2.40. The Bertz CT molecular complexity index is 478. The maximum absolute atomic E-state index is 11.3. The second kappa shape index (κ2) is 5.09. The van der Waals surface area contributed by atoms with Crippen molar-refractivity contribution >= 4 is 16.1 Å². The summed E-state index contributed by atoms with van der Waals surface area (Å²) in [6.07, 6.45) is 0.952. The van der Waals surface area contributed by atoms with E-state index >= 15 is 0 Å². The van der Waals surface area contributed by atoms with Gasteiger partial charge in [0.2, 0.25) is 0 Å². The summed E-state index contributed by atoms with van der Waals surface area (Å²) in [6.45, 7) is -0.176. The van der Waals surface area contributed by atoms with Gasteiger partial charge in [-0.1, -0.05) is 18.2 Å². The van der Waals surface area contributed by atoms with E-state index in [1.807, 2.05) is 0 Å². The highest BCUT2D eigenvalue weighted by molar-refractivity contribution is 7.85. The van der Waals surface area contributed by atoms with E-state index < -0.39 is 16.1 Å². The van der Waals surface area contributed by atoms with E-state index in [0.29, 0.717) is 11.1 Å². The first-order chi connectivity index (χ1) is 7.44. The maximum Gasteiger partial charge on any atom is 0.338 e. The van der Waals surface area contributed by atoms with Gasteiger partial charge in [-0.3, -0.25) is 4.18 Å². The van der Waals surface area contributed by atoms with Crippen molar-refractivity contribution in [3.05, 3.63) is 35.4 Å². The Labute approximate surface area is 94.1 Å². The number of carbonyl (C=O) groups is 1. The van der Waals surface area contributed by atoms with Gasteiger partial charge < -0.3 is 4.74 Å². The molecule has 0 atom stereocenters. The summed E-state index contributed by atoms with van der Waals surface area (Å²) in [5.74, 6) is -0.521. The van der Waals surface area contributed by atoms with Crippen molar-refractivity contribution in [2.45, 2.75) is 6.61 Å². The summed E-state index contributed by atoms with van der Waals surface area (Å²) in [5, 5.41) is 0. The Morgan fingerprint density at radius 2 is 1.94 bits per heavy atom. The first-order valence-corrected chi connectivity index (χ1v) is 6.26. The normalized spacial score (nSPS) is 11.1. The van der Waals surface area contributed by atoms with Crippen LogP contribution in [0.2, 0.25) is 0 Å². The molecule has 0 aliphatic rings. The highest BCUT2D eigenvalue weighted by atomic mass is 32.2. The van der Waals surface area contributed by atoms with Gasteiger partial charge in [0.05, 0.1) is 25.5 Å². The van der Waals surface area contributed by atoms with E-state index in [0.717, 1.165) is 6.26 Å². The largest absolute Gasteiger partial charge is 0.465 e. The molecular formula is C10H12O5S. The van der Waals surface area contributed by atoms with Gasteiger partial charge in [-0.05, 0) is 11.6 Å². The molecular weight excluding hydrogens is 232 g/mol. The van der Waals surface area contributed by atoms with Crippen LogP contribution in [0.3, 0.4) is 0 Å². The van der Waals surface area contributed by atoms with Gasteiger partial charge in [-0.2, -0.15) is 8.42 Å². The van der Waals surface area contributed by atoms with Crippen LogP contribution in [0, 0.1) is 0 Å². The minimum absolute atomic E-state index is 0.176. The van der Waals surface area contributed by atoms with Gasteiger partial charge in [0.15, 0.2) is 0 Å². The Morgan fingerprint density at radius 1 is 1.31 bits per heavy atom. The van der Waals surface area contributed by atoms with Crippen molar-refractivity contribution in [3.8, 4) is 0 Å². The minimum Gasteiger partial charge on any atom is -0.465 e. The zero-order valence-corrected chi connectivity index (χ0v) is 9.78. The molecule has 0 bridgehead atoms. The van der Waals surface area contributed by atoms with Crippen LogP contribution in [0.25, 0.3) is 0 Å². The van der Waals surface area contributed by atoms with E-state index in [2.05, 4.69) is 8.92 Å². The predicted molar refractivity (Wildman–Crippen MR) is 57.4 cm³/mol. The third-order valence-electron chi connectivity index (χ3n) is 1.85. The second-order valence-corrected chi connectivity index (χ2v) is 4.76. The molecule has 16 heavy (non-hydrogen) atoms. The number of hydrogen-bond donors (Lipinski definition) is 0. The quantitative estimate of drug-likeness (QED) is 0.582. The maximum atomic E-state index is 11.3. The Hall–Kier alpha value is -1.40. The highest BCUT2D eigenvalue weighted by Gasteiger charge is 2.12. The number of ether oxygens (including phenoxy) is 1. The zero-order valence-electron chi connectivity index (χ0n) is 8.97. The molecule has 0 unspecified atom stereocenters. The second-order valence-electron chi connectivity index (χ2n) is 3.12. The van der Waals surface area contributed by atoms with E-state index in [4.69, 9.17) is 0 Å². The van der Waals surface area contributed by atoms with Gasteiger partial charge in [0, 0.05) is 0 Å². The molecule has 1 aromatic rings. The summed E-state index contributed by atoms with van der Waals surface area (Å²) in [5.41, 5.74) is 0.772. The fourth-order valence-electron chi connectivity index (χ4n) is 1.13. The van der Waals surface area contributed by atoms with E-state index in [9.17, 15) is 13.2 Å². The van der Waals surface area contributed by atoms with Crippen molar-refractivity contribution in [1.82, 2.24) is 0 Å². The van der Waals surface area contributed by atoms with Gasteiger partial charge >= 0.3 is 5.97 Å². The SMILES string of the molecule is COC(=O)c1ccccc1COS(C)(=O)=O. The lowest BCUT2D eigenvalue weighted by molar-refractivity contribution is 0.0597. The first kappa shape index (κ1) is 12.7. The molecule has 0 heterocycles. The molecule has 1 rings (SSSR count). The van der Waals surface area contributed by atoms with Crippen molar-refractivity contribution < 1.29 is 22.1 Å². The highest BCUT2D eigenvalue weighted by Crippen LogP contribution is 2.12. The standard InChI is InChI=1S/C10H12O5S/c1-14-10(11)9-6-4-3-5-8(9)7-15-16(2,12)13/h3-6H,7H2,1-2H3. The summed E-state index contributed by atoms with van der Waals surface area (Å²) in [7, 11) is -2.26. The van der Waals surface area contributed by atoms with Crippen molar-refractivity contribution in [2.75, 3.05) is 13.4 Å². The fourth-order valence-corrected chi connectivity index (χ4v) is 1.47. The molecule has 0 fully saturated rings. The molecule has 0 spiro atoms. The van der Waals surface area contributed by atoms with Crippen LogP contribution in [0.1, 0.15) is 15.9 Å². The van der Waals surface area contributed by atoms with Crippen LogP contribution in [-0.4, -0.2) is 27.8 Å². The molecule has 0 saturated heterocycles. The van der Waals surface area contributed by atoms with E-state index in [-0.39, 0.29) is 6.61 Å². The summed E-state index contributed by atoms with van der Waals surface area (Å²) in [4.78, 5) is 11.3. The topological polar surface area (TPSA) is 69.7 Å². The van der Waals surface area contributed by atoms with Crippen LogP contribution < -0.4 is 0 Å². The van der Waals surface area contributed by atoms with E-state index in [1.165, 1.54) is 7.11 Å². The molecule has 5 nitrogen and oxygen atoms in total. The number of methoxy groups -OCH3 is 1. The van der Waals surface area contributed by atoms with Crippen molar-refractivity contribution in [2.24, 2.45) is 0 Å². The molecule has 6 heteroatoms. The number of esters is 1. The number of hydrogen-bond acceptors (Lipinski definition) is 5. The van der Waals surface area contributed by atoms with Crippen molar-refractivity contribution in [1.29, 1.82) is 0 Å². The molecule has 0 radical (unpaired) electrons. The monoisotopic (exact) mass is 244 g/mol. The average molecular weight is 244 g/mol. The summed E-state index contributed by atoms with van der Waals surface area (Å²) < 4.78 is 30.8. The molecule has 0 saturated carbocycles.